The highest BCUT2D eigenvalue weighted by Gasteiger charge is 2.21. The predicted octanol–water partition coefficient (Wildman–Crippen LogP) is 3.36. The smallest absolute Gasteiger partial charge is 0.342 e. The van der Waals surface area contributed by atoms with Gasteiger partial charge < -0.3 is 19.8 Å². The second kappa shape index (κ2) is 8.73. The van der Waals surface area contributed by atoms with Gasteiger partial charge in [-0.1, -0.05) is 25.0 Å². The fraction of sp³-hybridized carbons (Fsp3) is 0.381. The van der Waals surface area contributed by atoms with Gasteiger partial charge in [-0.05, 0) is 44.9 Å². The number of ether oxygens (including phenoxy) is 1. The van der Waals surface area contributed by atoms with Crippen molar-refractivity contribution in [3.05, 3.63) is 53.0 Å². The molecule has 1 aliphatic rings. The van der Waals surface area contributed by atoms with E-state index in [4.69, 9.17) is 9.15 Å². The van der Waals surface area contributed by atoms with E-state index in [2.05, 4.69) is 10.6 Å². The molecule has 0 bridgehead atoms. The first-order chi connectivity index (χ1) is 13.4. The molecular formula is C21H24N2O5. The number of rotatable bonds is 6. The molecule has 1 aromatic heterocycles. The number of anilines is 1. The zero-order chi connectivity index (χ0) is 20.1. The first-order valence-corrected chi connectivity index (χ1v) is 9.38. The van der Waals surface area contributed by atoms with E-state index in [-0.39, 0.29) is 11.9 Å². The summed E-state index contributed by atoms with van der Waals surface area (Å²) in [6, 6.07) is 8.52. The van der Waals surface area contributed by atoms with E-state index in [0.717, 1.165) is 25.7 Å². The zero-order valence-electron chi connectivity index (χ0n) is 16.0. The van der Waals surface area contributed by atoms with Gasteiger partial charge in [0, 0.05) is 6.04 Å². The quantitative estimate of drug-likeness (QED) is 0.744. The standard InChI is InChI=1S/C21H24N2O5/c1-13-11-17(14(2)28-13)21(26)27-12-19(24)23-18-10-6-5-9-16(18)20(25)22-15-7-3-4-8-15/h5-6,9-11,15H,3-4,7-8,12H2,1-2H3,(H,22,25)(H,23,24). The van der Waals surface area contributed by atoms with Crippen LogP contribution in [0.4, 0.5) is 5.69 Å². The van der Waals surface area contributed by atoms with Gasteiger partial charge in [0.05, 0.1) is 11.3 Å². The molecule has 3 rings (SSSR count). The molecule has 7 heteroatoms. The van der Waals surface area contributed by atoms with Gasteiger partial charge in [0.25, 0.3) is 11.8 Å². The summed E-state index contributed by atoms with van der Waals surface area (Å²) in [4.78, 5) is 36.8. The first kappa shape index (κ1) is 19.7. The largest absolute Gasteiger partial charge is 0.466 e. The predicted molar refractivity (Wildman–Crippen MR) is 103 cm³/mol. The van der Waals surface area contributed by atoms with Gasteiger partial charge in [-0.15, -0.1) is 0 Å². The van der Waals surface area contributed by atoms with Crippen molar-refractivity contribution < 1.29 is 23.5 Å². The van der Waals surface area contributed by atoms with Crippen molar-refractivity contribution >= 4 is 23.5 Å². The Morgan fingerprint density at radius 1 is 1.11 bits per heavy atom. The first-order valence-electron chi connectivity index (χ1n) is 9.38. The Bertz CT molecular complexity index is 881. The molecule has 0 aliphatic heterocycles. The molecule has 148 valence electrons. The van der Waals surface area contributed by atoms with E-state index in [1.165, 1.54) is 0 Å². The molecule has 7 nitrogen and oxygen atoms in total. The van der Waals surface area contributed by atoms with Crippen LogP contribution in [0.15, 0.2) is 34.7 Å². The molecule has 0 unspecified atom stereocenters. The van der Waals surface area contributed by atoms with E-state index >= 15 is 0 Å². The lowest BCUT2D eigenvalue weighted by molar-refractivity contribution is -0.119. The molecule has 28 heavy (non-hydrogen) atoms. The van der Waals surface area contributed by atoms with Gasteiger partial charge in [-0.25, -0.2) is 4.79 Å². The van der Waals surface area contributed by atoms with Crippen LogP contribution in [0.5, 0.6) is 0 Å². The Kier molecular flexibility index (Phi) is 6.13. The third-order valence-electron chi connectivity index (χ3n) is 4.73. The molecule has 2 aromatic rings. The lowest BCUT2D eigenvalue weighted by Crippen LogP contribution is -2.33. The number of amides is 2. The monoisotopic (exact) mass is 384 g/mol. The van der Waals surface area contributed by atoms with Crippen molar-refractivity contribution in [2.24, 2.45) is 0 Å². The summed E-state index contributed by atoms with van der Waals surface area (Å²) in [5.41, 5.74) is 1.06. The summed E-state index contributed by atoms with van der Waals surface area (Å²) in [6.07, 6.45) is 4.18. The third kappa shape index (κ3) is 4.79. The molecule has 1 saturated carbocycles. The summed E-state index contributed by atoms with van der Waals surface area (Å²) in [5, 5.41) is 5.65. The lowest BCUT2D eigenvalue weighted by Gasteiger charge is -2.15. The molecule has 0 atom stereocenters. The van der Waals surface area contributed by atoms with Crippen LogP contribution in [0.25, 0.3) is 0 Å². The van der Waals surface area contributed by atoms with E-state index in [1.807, 2.05) is 0 Å². The van der Waals surface area contributed by atoms with Crippen LogP contribution < -0.4 is 10.6 Å². The number of esters is 1. The Balaban J connectivity index is 1.58. The molecule has 1 aromatic carbocycles. The highest BCUT2D eigenvalue weighted by Crippen LogP contribution is 2.20. The van der Waals surface area contributed by atoms with Crippen molar-refractivity contribution in [2.45, 2.75) is 45.6 Å². The summed E-state index contributed by atoms with van der Waals surface area (Å²) >= 11 is 0. The van der Waals surface area contributed by atoms with Crippen molar-refractivity contribution in [1.29, 1.82) is 0 Å². The van der Waals surface area contributed by atoms with Crippen molar-refractivity contribution in [2.75, 3.05) is 11.9 Å². The Hall–Kier alpha value is -3.09. The Morgan fingerprint density at radius 2 is 1.82 bits per heavy atom. The van der Waals surface area contributed by atoms with E-state index in [9.17, 15) is 14.4 Å². The van der Waals surface area contributed by atoms with Crippen molar-refractivity contribution in [3.8, 4) is 0 Å². The van der Waals surface area contributed by atoms with Gasteiger partial charge in [0.1, 0.15) is 17.1 Å². The van der Waals surface area contributed by atoms with Gasteiger partial charge >= 0.3 is 5.97 Å². The summed E-state index contributed by atoms with van der Waals surface area (Å²) < 4.78 is 10.3. The minimum absolute atomic E-state index is 0.180. The van der Waals surface area contributed by atoms with Gasteiger partial charge in [0.2, 0.25) is 0 Å². The SMILES string of the molecule is Cc1cc(C(=O)OCC(=O)Nc2ccccc2C(=O)NC2CCCC2)c(C)o1. The third-order valence-corrected chi connectivity index (χ3v) is 4.73. The molecule has 1 fully saturated rings. The fourth-order valence-corrected chi connectivity index (χ4v) is 3.35. The fourth-order valence-electron chi connectivity index (χ4n) is 3.35. The maximum absolute atomic E-state index is 12.5. The normalized spacial score (nSPS) is 13.9. The molecule has 2 amide bonds. The van der Waals surface area contributed by atoms with Crippen LogP contribution in [0.2, 0.25) is 0 Å². The second-order valence-electron chi connectivity index (χ2n) is 6.95. The van der Waals surface area contributed by atoms with Crippen molar-refractivity contribution in [1.82, 2.24) is 5.32 Å². The number of hydrogen-bond acceptors (Lipinski definition) is 5. The molecule has 2 N–H and O–H groups in total. The number of furan rings is 1. The number of para-hydroxylation sites is 1. The number of benzene rings is 1. The number of carbonyl (C=O) groups is 3. The molecule has 1 aliphatic carbocycles. The van der Waals surface area contributed by atoms with Crippen molar-refractivity contribution in [3.63, 3.8) is 0 Å². The van der Waals surface area contributed by atoms with Crippen LogP contribution in [0.1, 0.15) is 57.9 Å². The van der Waals surface area contributed by atoms with E-state index in [0.29, 0.717) is 28.3 Å². The minimum Gasteiger partial charge on any atom is -0.466 e. The van der Waals surface area contributed by atoms with Gasteiger partial charge in [0.15, 0.2) is 6.61 Å². The molecule has 0 radical (unpaired) electrons. The summed E-state index contributed by atoms with van der Waals surface area (Å²) in [7, 11) is 0. The average Bonchev–Trinajstić information content (AvgIpc) is 3.29. The van der Waals surface area contributed by atoms with Crippen LogP contribution >= 0.6 is 0 Å². The Labute approximate surface area is 163 Å². The molecule has 0 spiro atoms. The number of hydrogen-bond donors (Lipinski definition) is 2. The minimum atomic E-state index is -0.628. The molecule has 1 heterocycles. The van der Waals surface area contributed by atoms with Gasteiger partial charge in [-0.3, -0.25) is 9.59 Å². The average molecular weight is 384 g/mol. The molecule has 0 saturated heterocycles. The maximum atomic E-state index is 12.5. The summed E-state index contributed by atoms with van der Waals surface area (Å²) in [6.45, 7) is 2.92. The highest BCUT2D eigenvalue weighted by molar-refractivity contribution is 6.04. The van der Waals surface area contributed by atoms with Crippen LogP contribution in [0, 0.1) is 13.8 Å². The zero-order valence-corrected chi connectivity index (χ0v) is 16.0. The number of nitrogens with one attached hydrogen (secondary N) is 2. The van der Waals surface area contributed by atoms with Crippen LogP contribution in [-0.2, 0) is 9.53 Å². The topological polar surface area (TPSA) is 97.6 Å². The van der Waals surface area contributed by atoms with Crippen LogP contribution in [-0.4, -0.2) is 30.4 Å². The molecular weight excluding hydrogens is 360 g/mol. The van der Waals surface area contributed by atoms with Crippen LogP contribution in [0.3, 0.4) is 0 Å². The highest BCUT2D eigenvalue weighted by atomic mass is 16.5. The van der Waals surface area contributed by atoms with E-state index < -0.39 is 18.5 Å². The number of aryl methyl sites for hydroxylation is 2. The maximum Gasteiger partial charge on any atom is 0.342 e. The van der Waals surface area contributed by atoms with Gasteiger partial charge in [-0.2, -0.15) is 0 Å². The number of carbonyl (C=O) groups excluding carboxylic acids is 3. The second-order valence-corrected chi connectivity index (χ2v) is 6.95. The van der Waals surface area contributed by atoms with E-state index in [1.54, 1.807) is 44.2 Å². The summed E-state index contributed by atoms with van der Waals surface area (Å²) in [5.74, 6) is -0.332. The Morgan fingerprint density at radius 3 is 2.50 bits per heavy atom. The lowest BCUT2D eigenvalue weighted by atomic mass is 10.1.